The molecule has 72 valence electrons. The number of benzene rings is 1. The number of fused-ring (bicyclic) bond motifs is 1. The zero-order chi connectivity index (χ0) is 10.1. The average molecular weight is 210 g/mol. The lowest BCUT2D eigenvalue weighted by molar-refractivity contribution is -0.384. The summed E-state index contributed by atoms with van der Waals surface area (Å²) in [4.78, 5) is 14.1. The van der Waals surface area contributed by atoms with Gasteiger partial charge in [0.05, 0.1) is 15.1 Å². The number of nitrogens with two attached hydrogens (primary N) is 1. The van der Waals surface area contributed by atoms with Gasteiger partial charge in [-0.3, -0.25) is 15.5 Å². The quantitative estimate of drug-likeness (QED) is 0.445. The molecule has 0 fully saturated rings. The first-order valence-corrected chi connectivity index (χ1v) is 4.54. The molecule has 1 aromatic carbocycles. The molecule has 0 bridgehead atoms. The number of nitrogens with zero attached hydrogens (tertiary/aromatic N) is 2. The molecule has 0 atom stereocenters. The van der Waals surface area contributed by atoms with E-state index in [1.807, 2.05) is 0 Å². The van der Waals surface area contributed by atoms with E-state index >= 15 is 0 Å². The summed E-state index contributed by atoms with van der Waals surface area (Å²) >= 11 is 1.35. The molecule has 7 heteroatoms. The highest BCUT2D eigenvalue weighted by molar-refractivity contribution is 7.22. The fourth-order valence-electron chi connectivity index (χ4n) is 1.09. The molecule has 0 radical (unpaired) electrons. The van der Waals surface area contributed by atoms with Crippen molar-refractivity contribution in [2.45, 2.75) is 0 Å². The molecule has 2 rings (SSSR count). The van der Waals surface area contributed by atoms with Crippen LogP contribution in [0.4, 0.5) is 10.8 Å². The van der Waals surface area contributed by atoms with Gasteiger partial charge >= 0.3 is 0 Å². The Balaban J connectivity index is 2.59. The molecule has 0 unspecified atom stereocenters. The first-order valence-electron chi connectivity index (χ1n) is 3.72. The Kier molecular flexibility index (Phi) is 2.02. The van der Waals surface area contributed by atoms with Gasteiger partial charge < -0.3 is 0 Å². The number of nitrogen functional groups attached to an aromatic ring is 1. The average Bonchev–Trinajstić information content (AvgIpc) is 2.58. The largest absolute Gasteiger partial charge is 0.300 e. The van der Waals surface area contributed by atoms with Gasteiger partial charge in [-0.2, -0.15) is 0 Å². The van der Waals surface area contributed by atoms with Gasteiger partial charge in [0.1, 0.15) is 0 Å². The van der Waals surface area contributed by atoms with Crippen molar-refractivity contribution in [3.05, 3.63) is 28.3 Å². The van der Waals surface area contributed by atoms with E-state index in [9.17, 15) is 10.1 Å². The SMILES string of the molecule is NNc1nc2cc([N+](=O)[O-])ccc2s1. The molecule has 3 N–H and O–H groups in total. The van der Waals surface area contributed by atoms with E-state index in [0.29, 0.717) is 10.6 Å². The van der Waals surface area contributed by atoms with Gasteiger partial charge in [-0.05, 0) is 6.07 Å². The molecular weight excluding hydrogens is 204 g/mol. The minimum Gasteiger partial charge on any atom is -0.300 e. The zero-order valence-electron chi connectivity index (χ0n) is 6.93. The Bertz CT molecular complexity index is 495. The molecule has 0 aliphatic rings. The zero-order valence-corrected chi connectivity index (χ0v) is 7.75. The number of nitro benzene ring substituents is 1. The maximum atomic E-state index is 10.5. The van der Waals surface area contributed by atoms with Gasteiger partial charge in [0, 0.05) is 12.1 Å². The summed E-state index contributed by atoms with van der Waals surface area (Å²) in [5.41, 5.74) is 3.02. The number of anilines is 1. The van der Waals surface area contributed by atoms with E-state index in [1.165, 1.54) is 23.5 Å². The van der Waals surface area contributed by atoms with Crippen LogP contribution in [0, 0.1) is 10.1 Å². The number of hydrogen-bond acceptors (Lipinski definition) is 6. The third kappa shape index (κ3) is 1.38. The minimum atomic E-state index is -0.450. The van der Waals surface area contributed by atoms with E-state index in [0.717, 1.165) is 4.70 Å². The Labute approximate surface area is 82.5 Å². The van der Waals surface area contributed by atoms with Crippen LogP contribution in [0.25, 0.3) is 10.2 Å². The third-order valence-electron chi connectivity index (χ3n) is 1.71. The lowest BCUT2D eigenvalue weighted by Crippen LogP contribution is -2.05. The predicted octanol–water partition coefficient (Wildman–Crippen LogP) is 1.49. The number of nitro groups is 1. The second-order valence-corrected chi connectivity index (χ2v) is 3.60. The van der Waals surface area contributed by atoms with Crippen LogP contribution in [0.5, 0.6) is 0 Å². The van der Waals surface area contributed by atoms with Gasteiger partial charge in [0.15, 0.2) is 5.13 Å². The molecule has 14 heavy (non-hydrogen) atoms. The Morgan fingerprint density at radius 3 is 3.00 bits per heavy atom. The van der Waals surface area contributed by atoms with Crippen molar-refractivity contribution < 1.29 is 4.92 Å². The van der Waals surface area contributed by atoms with E-state index in [-0.39, 0.29) is 5.69 Å². The Hall–Kier alpha value is -1.73. The van der Waals surface area contributed by atoms with Crippen molar-refractivity contribution in [3.63, 3.8) is 0 Å². The predicted molar refractivity (Wildman–Crippen MR) is 54.1 cm³/mol. The lowest BCUT2D eigenvalue weighted by atomic mass is 10.3. The summed E-state index contributed by atoms with van der Waals surface area (Å²) in [5.74, 6) is 5.18. The number of aromatic nitrogens is 1. The van der Waals surface area contributed by atoms with Crippen molar-refractivity contribution in [1.29, 1.82) is 0 Å². The summed E-state index contributed by atoms with van der Waals surface area (Å²) < 4.78 is 0.864. The van der Waals surface area contributed by atoms with E-state index in [1.54, 1.807) is 6.07 Å². The van der Waals surface area contributed by atoms with Gasteiger partial charge in [-0.1, -0.05) is 11.3 Å². The molecule has 1 heterocycles. The van der Waals surface area contributed by atoms with Crippen molar-refractivity contribution in [3.8, 4) is 0 Å². The monoisotopic (exact) mass is 210 g/mol. The van der Waals surface area contributed by atoms with Crippen LogP contribution in [0.3, 0.4) is 0 Å². The normalized spacial score (nSPS) is 10.4. The highest BCUT2D eigenvalue weighted by Crippen LogP contribution is 2.27. The molecule has 1 aromatic heterocycles. The summed E-state index contributed by atoms with van der Waals surface area (Å²) in [6.07, 6.45) is 0. The Morgan fingerprint density at radius 1 is 1.57 bits per heavy atom. The topological polar surface area (TPSA) is 94.1 Å². The number of hydrazine groups is 1. The highest BCUT2D eigenvalue weighted by Gasteiger charge is 2.09. The third-order valence-corrected chi connectivity index (χ3v) is 2.67. The molecule has 0 spiro atoms. The van der Waals surface area contributed by atoms with Crippen LogP contribution < -0.4 is 11.3 Å². The molecule has 0 aliphatic heterocycles. The van der Waals surface area contributed by atoms with Crippen LogP contribution in [-0.2, 0) is 0 Å². The van der Waals surface area contributed by atoms with Crippen LogP contribution >= 0.6 is 11.3 Å². The smallest absolute Gasteiger partial charge is 0.271 e. The minimum absolute atomic E-state index is 0.0337. The first kappa shape index (κ1) is 8.85. The molecule has 6 nitrogen and oxygen atoms in total. The summed E-state index contributed by atoms with van der Waals surface area (Å²) in [6, 6.07) is 4.53. The van der Waals surface area contributed by atoms with Crippen LogP contribution in [0.1, 0.15) is 0 Å². The molecule has 0 saturated heterocycles. The number of thiazole rings is 1. The molecule has 2 aromatic rings. The molecular formula is C7H6N4O2S. The fraction of sp³-hybridized carbons (Fsp3) is 0. The number of nitrogens with one attached hydrogen (secondary N) is 1. The van der Waals surface area contributed by atoms with Crippen LogP contribution in [0.2, 0.25) is 0 Å². The van der Waals surface area contributed by atoms with Crippen molar-refractivity contribution in [2.75, 3.05) is 5.43 Å². The van der Waals surface area contributed by atoms with Gasteiger partial charge in [0.25, 0.3) is 5.69 Å². The van der Waals surface area contributed by atoms with Crippen molar-refractivity contribution in [2.24, 2.45) is 5.84 Å². The molecule has 0 amide bonds. The van der Waals surface area contributed by atoms with Crippen molar-refractivity contribution in [1.82, 2.24) is 4.98 Å². The van der Waals surface area contributed by atoms with Crippen LogP contribution in [0.15, 0.2) is 18.2 Å². The first-order chi connectivity index (χ1) is 6.70. The second-order valence-electron chi connectivity index (χ2n) is 2.57. The van der Waals surface area contributed by atoms with Gasteiger partial charge in [-0.25, -0.2) is 10.8 Å². The van der Waals surface area contributed by atoms with E-state index in [4.69, 9.17) is 5.84 Å². The summed E-state index contributed by atoms with van der Waals surface area (Å²) in [6.45, 7) is 0. The van der Waals surface area contributed by atoms with Gasteiger partial charge in [0.2, 0.25) is 0 Å². The second kappa shape index (κ2) is 3.20. The van der Waals surface area contributed by atoms with Gasteiger partial charge in [-0.15, -0.1) is 0 Å². The molecule has 0 saturated carbocycles. The van der Waals surface area contributed by atoms with E-state index in [2.05, 4.69) is 10.4 Å². The molecule has 0 aliphatic carbocycles. The fourth-order valence-corrected chi connectivity index (χ4v) is 1.85. The number of non-ortho nitro benzene ring substituents is 1. The van der Waals surface area contributed by atoms with Crippen LogP contribution in [-0.4, -0.2) is 9.91 Å². The summed E-state index contributed by atoms with van der Waals surface area (Å²) in [5, 5.41) is 11.0. The maximum Gasteiger partial charge on any atom is 0.271 e. The van der Waals surface area contributed by atoms with Crippen molar-refractivity contribution >= 4 is 32.4 Å². The lowest BCUT2D eigenvalue weighted by Gasteiger charge is -1.89. The Morgan fingerprint density at radius 2 is 2.36 bits per heavy atom. The number of rotatable bonds is 2. The maximum absolute atomic E-state index is 10.5. The number of hydrogen-bond donors (Lipinski definition) is 2. The standard InChI is InChI=1S/C7H6N4O2S/c8-10-7-9-5-3-4(11(12)13)1-2-6(5)14-7/h1-3H,8H2,(H,9,10). The highest BCUT2D eigenvalue weighted by atomic mass is 32.1. The van der Waals surface area contributed by atoms with E-state index < -0.39 is 4.92 Å². The summed E-state index contributed by atoms with van der Waals surface area (Å²) in [7, 11) is 0.